The van der Waals surface area contributed by atoms with Crippen LogP contribution in [0.15, 0.2) is 71.6 Å². The fourth-order valence-corrected chi connectivity index (χ4v) is 4.41. The number of carbonyl (C=O) groups is 3. The second-order valence-electron chi connectivity index (χ2n) is 7.61. The molecule has 11 nitrogen and oxygen atoms in total. The van der Waals surface area contributed by atoms with E-state index in [1.54, 1.807) is 30.3 Å². The average Bonchev–Trinajstić information content (AvgIpc) is 3.11. The van der Waals surface area contributed by atoms with Gasteiger partial charge in [0.1, 0.15) is 5.75 Å². The normalized spacial score (nSPS) is 14.2. The Hall–Kier alpha value is -4.55. The maximum absolute atomic E-state index is 12.8. The van der Waals surface area contributed by atoms with Gasteiger partial charge in [0, 0.05) is 17.2 Å². The molecule has 1 aliphatic rings. The summed E-state index contributed by atoms with van der Waals surface area (Å²) in [6.45, 7) is 0.0512. The predicted molar refractivity (Wildman–Crippen MR) is 134 cm³/mol. The zero-order valence-electron chi connectivity index (χ0n) is 18.5. The smallest absolute Gasteiger partial charge is 0.344 e. The molecule has 0 aliphatic carbocycles. The van der Waals surface area contributed by atoms with Gasteiger partial charge in [0.2, 0.25) is 0 Å². The molecule has 3 aromatic rings. The Bertz CT molecular complexity index is 1470. The number of nitro groups is 2. The number of carbonyl (C=O) groups excluding carboxylic acids is 3. The van der Waals surface area contributed by atoms with Crippen molar-refractivity contribution >= 4 is 57.9 Å². The zero-order chi connectivity index (χ0) is 26.7. The fraction of sp³-hybridized carbons (Fsp3) is 0.0417. The van der Waals surface area contributed by atoms with Crippen molar-refractivity contribution in [2.75, 3.05) is 0 Å². The number of halogens is 1. The number of nitrogens with zero attached hydrogens (tertiary/aromatic N) is 3. The lowest BCUT2D eigenvalue weighted by Gasteiger charge is -2.12. The van der Waals surface area contributed by atoms with Crippen LogP contribution in [0.1, 0.15) is 21.5 Å². The molecule has 0 atom stereocenters. The molecule has 1 heterocycles. The van der Waals surface area contributed by atoms with Crippen LogP contribution in [-0.2, 0) is 11.3 Å². The predicted octanol–water partition coefficient (Wildman–Crippen LogP) is 5.61. The van der Waals surface area contributed by atoms with Crippen molar-refractivity contribution in [1.82, 2.24) is 4.90 Å². The highest BCUT2D eigenvalue weighted by atomic mass is 35.5. The van der Waals surface area contributed by atoms with Crippen LogP contribution in [0.5, 0.6) is 5.75 Å². The van der Waals surface area contributed by atoms with E-state index in [4.69, 9.17) is 16.3 Å². The summed E-state index contributed by atoms with van der Waals surface area (Å²) in [4.78, 5) is 59.5. The van der Waals surface area contributed by atoms with Gasteiger partial charge in [-0.3, -0.25) is 34.7 Å². The van der Waals surface area contributed by atoms with Gasteiger partial charge in [0.15, 0.2) is 0 Å². The molecule has 0 saturated carbocycles. The molecule has 4 rings (SSSR count). The molecular weight excluding hydrogens is 526 g/mol. The summed E-state index contributed by atoms with van der Waals surface area (Å²) in [5.74, 6) is -1.53. The molecule has 0 N–H and O–H groups in total. The monoisotopic (exact) mass is 539 g/mol. The molecule has 37 heavy (non-hydrogen) atoms. The molecule has 1 fully saturated rings. The van der Waals surface area contributed by atoms with Gasteiger partial charge in [-0.1, -0.05) is 35.9 Å². The van der Waals surface area contributed by atoms with Crippen molar-refractivity contribution in [3.05, 3.63) is 114 Å². The Morgan fingerprint density at radius 1 is 0.973 bits per heavy atom. The van der Waals surface area contributed by atoms with E-state index in [0.717, 1.165) is 34.9 Å². The molecule has 0 bridgehead atoms. The van der Waals surface area contributed by atoms with Crippen LogP contribution in [0.25, 0.3) is 6.08 Å². The second-order valence-corrected chi connectivity index (χ2v) is 9.04. The van der Waals surface area contributed by atoms with E-state index < -0.39 is 38.3 Å². The Labute approximate surface area is 217 Å². The number of thioether (sulfide) groups is 1. The Morgan fingerprint density at radius 2 is 1.65 bits per heavy atom. The molecule has 0 radical (unpaired) electrons. The van der Waals surface area contributed by atoms with Gasteiger partial charge in [0.25, 0.3) is 22.5 Å². The maximum atomic E-state index is 12.8. The van der Waals surface area contributed by atoms with E-state index in [0.29, 0.717) is 16.1 Å². The number of imide groups is 1. The first-order valence-corrected chi connectivity index (χ1v) is 11.6. The summed E-state index contributed by atoms with van der Waals surface area (Å²) >= 11 is 6.73. The van der Waals surface area contributed by atoms with Crippen LogP contribution in [0.3, 0.4) is 0 Å². The molecule has 13 heteroatoms. The zero-order valence-corrected chi connectivity index (χ0v) is 20.1. The number of esters is 1. The van der Waals surface area contributed by atoms with Crippen LogP contribution in [0.4, 0.5) is 16.2 Å². The van der Waals surface area contributed by atoms with Gasteiger partial charge in [-0.15, -0.1) is 0 Å². The topological polar surface area (TPSA) is 150 Å². The quantitative estimate of drug-likeness (QED) is 0.123. The fourth-order valence-electron chi connectivity index (χ4n) is 3.36. The number of ether oxygens (including phenoxy) is 1. The largest absolute Gasteiger partial charge is 0.423 e. The van der Waals surface area contributed by atoms with Crippen LogP contribution < -0.4 is 4.74 Å². The highest BCUT2D eigenvalue weighted by molar-refractivity contribution is 8.18. The average molecular weight is 540 g/mol. The molecule has 1 saturated heterocycles. The lowest BCUT2D eigenvalue weighted by Crippen LogP contribution is -2.27. The van der Waals surface area contributed by atoms with E-state index in [-0.39, 0.29) is 22.8 Å². The summed E-state index contributed by atoms with van der Waals surface area (Å²) in [6, 6.07) is 15.2. The van der Waals surface area contributed by atoms with E-state index in [9.17, 15) is 34.6 Å². The minimum atomic E-state index is -1.05. The van der Waals surface area contributed by atoms with Gasteiger partial charge in [-0.25, -0.2) is 4.79 Å². The summed E-state index contributed by atoms with van der Waals surface area (Å²) < 4.78 is 5.24. The van der Waals surface area contributed by atoms with Crippen molar-refractivity contribution < 1.29 is 29.0 Å². The van der Waals surface area contributed by atoms with Gasteiger partial charge in [-0.05, 0) is 53.2 Å². The van der Waals surface area contributed by atoms with Crippen LogP contribution in [0, 0.1) is 20.2 Å². The second kappa shape index (κ2) is 10.6. The van der Waals surface area contributed by atoms with Gasteiger partial charge in [-0.2, -0.15) is 0 Å². The molecule has 0 aromatic heterocycles. The summed E-state index contributed by atoms with van der Waals surface area (Å²) in [5, 5.41) is 22.2. The Kier molecular flexibility index (Phi) is 7.32. The lowest BCUT2D eigenvalue weighted by atomic mass is 10.1. The molecular formula is C24H14ClN3O8S. The Morgan fingerprint density at radius 3 is 2.30 bits per heavy atom. The van der Waals surface area contributed by atoms with E-state index >= 15 is 0 Å². The minimum Gasteiger partial charge on any atom is -0.423 e. The van der Waals surface area contributed by atoms with Gasteiger partial charge < -0.3 is 4.74 Å². The third kappa shape index (κ3) is 6.00. The van der Waals surface area contributed by atoms with Crippen molar-refractivity contribution in [2.45, 2.75) is 6.54 Å². The first-order chi connectivity index (χ1) is 17.6. The van der Waals surface area contributed by atoms with Crippen molar-refractivity contribution in [2.24, 2.45) is 0 Å². The highest BCUT2D eigenvalue weighted by Crippen LogP contribution is 2.34. The van der Waals surface area contributed by atoms with E-state index in [1.165, 1.54) is 24.3 Å². The third-order valence-electron chi connectivity index (χ3n) is 5.03. The third-order valence-corrected chi connectivity index (χ3v) is 6.17. The van der Waals surface area contributed by atoms with Gasteiger partial charge >= 0.3 is 5.97 Å². The molecule has 3 aromatic carbocycles. The van der Waals surface area contributed by atoms with Crippen LogP contribution in [-0.4, -0.2) is 31.9 Å². The Balaban J connectivity index is 1.52. The van der Waals surface area contributed by atoms with E-state index in [1.807, 2.05) is 0 Å². The van der Waals surface area contributed by atoms with Crippen molar-refractivity contribution in [3.63, 3.8) is 0 Å². The maximum Gasteiger partial charge on any atom is 0.344 e. The molecule has 1 aliphatic heterocycles. The van der Waals surface area contributed by atoms with E-state index in [2.05, 4.69) is 0 Å². The lowest BCUT2D eigenvalue weighted by molar-refractivity contribution is -0.394. The number of rotatable bonds is 7. The summed E-state index contributed by atoms with van der Waals surface area (Å²) in [7, 11) is 0. The van der Waals surface area contributed by atoms with Crippen molar-refractivity contribution in [1.29, 1.82) is 0 Å². The highest BCUT2D eigenvalue weighted by Gasteiger charge is 2.35. The van der Waals surface area contributed by atoms with Gasteiger partial charge in [0.05, 0.1) is 32.9 Å². The number of benzene rings is 3. The summed E-state index contributed by atoms with van der Waals surface area (Å²) in [6.07, 6.45) is 1.46. The molecule has 2 amide bonds. The SMILES string of the molecule is O=C(Oc1cccc(/C=C2\SC(=O)N(Cc3cccc(Cl)c3)C2=O)c1)c1cc([N+](=O)[O-])cc([N+](=O)[O-])c1. The number of nitro benzene ring substituents is 2. The number of amides is 2. The van der Waals surface area contributed by atoms with Crippen LogP contribution in [0.2, 0.25) is 5.02 Å². The molecule has 0 spiro atoms. The van der Waals surface area contributed by atoms with Crippen LogP contribution >= 0.6 is 23.4 Å². The summed E-state index contributed by atoms with van der Waals surface area (Å²) in [5.41, 5.74) is -0.532. The number of hydrogen-bond acceptors (Lipinski definition) is 9. The van der Waals surface area contributed by atoms with Crippen molar-refractivity contribution in [3.8, 4) is 5.75 Å². The molecule has 0 unspecified atom stereocenters. The number of non-ortho nitro benzene ring substituents is 2. The number of hydrogen-bond donors (Lipinski definition) is 0. The standard InChI is InChI=1S/C24H14ClN3O8S/c25-17-5-1-4-15(7-17)13-26-22(29)21(37-24(26)31)9-14-3-2-6-20(8-14)36-23(30)16-10-18(27(32)33)12-19(11-16)28(34)35/h1-12H,13H2/b21-9-. The first-order valence-electron chi connectivity index (χ1n) is 10.4. The molecule has 186 valence electrons. The minimum absolute atomic E-state index is 0.0195. The first kappa shape index (κ1) is 25.5.